The Morgan fingerprint density at radius 2 is 0.438 bits per heavy atom. The van der Waals surface area contributed by atoms with Crippen molar-refractivity contribution < 1.29 is 13.3 Å². The summed E-state index contributed by atoms with van der Waals surface area (Å²) in [5.74, 6) is 0. The van der Waals surface area contributed by atoms with Gasteiger partial charge in [0.05, 0.1) is 17.1 Å². The molecule has 0 aliphatic carbocycles. The summed E-state index contributed by atoms with van der Waals surface area (Å²) in [6, 6.07) is 71.9. The van der Waals surface area contributed by atoms with Gasteiger partial charge in [0, 0.05) is 48.5 Å². The molecule has 0 fully saturated rings. The van der Waals surface area contributed by atoms with Crippen LogP contribution in [0.4, 0.5) is 17.1 Å². The average molecular weight is 816 g/mol. The lowest BCUT2D eigenvalue weighted by Crippen LogP contribution is -2.12. The Bertz CT molecular complexity index is 4030. The van der Waals surface area contributed by atoms with E-state index < -0.39 is 0 Å². The minimum absolute atomic E-state index is 0.832. The van der Waals surface area contributed by atoms with Crippen LogP contribution in [0, 0.1) is 0 Å². The molecular formula is C60H33NO3. The molecule has 0 bridgehead atoms. The first-order valence-electron chi connectivity index (χ1n) is 21.8. The van der Waals surface area contributed by atoms with Crippen molar-refractivity contribution in [1.29, 1.82) is 0 Å². The van der Waals surface area contributed by atoms with E-state index in [9.17, 15) is 0 Å². The third-order valence-electron chi connectivity index (χ3n) is 13.8. The molecule has 12 aromatic carbocycles. The maximum atomic E-state index is 6.93. The molecule has 3 heterocycles. The van der Waals surface area contributed by atoms with Gasteiger partial charge in [-0.2, -0.15) is 0 Å². The van der Waals surface area contributed by atoms with Crippen LogP contribution in [0.2, 0.25) is 0 Å². The lowest BCUT2D eigenvalue weighted by Gasteiger charge is -2.29. The Labute approximate surface area is 364 Å². The number of hydrogen-bond acceptors (Lipinski definition) is 4. The molecule has 64 heavy (non-hydrogen) atoms. The fourth-order valence-corrected chi connectivity index (χ4v) is 11.2. The van der Waals surface area contributed by atoms with Crippen LogP contribution in [-0.2, 0) is 0 Å². The van der Waals surface area contributed by atoms with Crippen LogP contribution in [0.15, 0.2) is 213 Å². The van der Waals surface area contributed by atoms with Gasteiger partial charge in [-0.25, -0.2) is 0 Å². The molecule has 4 nitrogen and oxygen atoms in total. The maximum absolute atomic E-state index is 6.93. The van der Waals surface area contributed by atoms with Crippen LogP contribution in [0.25, 0.3) is 130 Å². The molecule has 4 heteroatoms. The van der Waals surface area contributed by atoms with E-state index in [-0.39, 0.29) is 0 Å². The number of rotatable bonds is 3. The molecule has 0 N–H and O–H groups in total. The molecule has 0 saturated heterocycles. The van der Waals surface area contributed by atoms with Crippen molar-refractivity contribution in [3.63, 3.8) is 0 Å². The van der Waals surface area contributed by atoms with Crippen molar-refractivity contribution in [2.24, 2.45) is 0 Å². The summed E-state index contributed by atoms with van der Waals surface area (Å²) in [5, 5.41) is 20.2. The predicted octanol–water partition coefficient (Wildman–Crippen LogP) is 17.8. The zero-order valence-corrected chi connectivity index (χ0v) is 34.2. The lowest BCUT2D eigenvalue weighted by molar-refractivity contribution is 0.664. The van der Waals surface area contributed by atoms with Gasteiger partial charge in [-0.05, 0) is 103 Å². The minimum Gasteiger partial charge on any atom is -0.456 e. The van der Waals surface area contributed by atoms with Crippen LogP contribution in [-0.4, -0.2) is 0 Å². The number of benzene rings is 12. The van der Waals surface area contributed by atoms with Gasteiger partial charge < -0.3 is 18.2 Å². The standard InChI is InChI=1S/C60H33NO3/c1-10-34-13-4-25-49-55(34)37(16-1)40-19-7-22-43-46(28-31-52(62-49)58(40)43)61(47-29-32-53-59-41(20-8-23-44(47)59)38-17-2-11-35-14-5-26-50(63-53)56(35)38)48-30-33-54-60-42(21-9-24-45(48)60)39-18-3-12-36-15-6-27-51(64-54)57(36)39/h1-33H. The van der Waals surface area contributed by atoms with Gasteiger partial charge >= 0.3 is 0 Å². The lowest BCUT2D eigenvalue weighted by atomic mass is 9.95. The Kier molecular flexibility index (Phi) is 6.65. The van der Waals surface area contributed by atoms with Gasteiger partial charge in [-0.15, -0.1) is 0 Å². The summed E-state index contributed by atoms with van der Waals surface area (Å²) in [7, 11) is 0. The highest BCUT2D eigenvalue weighted by atomic mass is 16.3. The molecule has 0 aliphatic rings. The Morgan fingerprint density at radius 1 is 0.203 bits per heavy atom. The first-order chi connectivity index (χ1) is 31.7. The van der Waals surface area contributed by atoms with Crippen molar-refractivity contribution in [3.05, 3.63) is 200 Å². The van der Waals surface area contributed by atoms with E-state index in [1.54, 1.807) is 0 Å². The Balaban J connectivity index is 1.12. The second kappa shape index (κ2) is 12.5. The molecule has 0 atom stereocenters. The highest BCUT2D eigenvalue weighted by Crippen LogP contribution is 2.50. The molecule has 15 rings (SSSR count). The zero-order valence-electron chi connectivity index (χ0n) is 34.2. The van der Waals surface area contributed by atoms with E-state index in [0.29, 0.717) is 0 Å². The molecule has 0 radical (unpaired) electrons. The summed E-state index contributed by atoms with van der Waals surface area (Å²) >= 11 is 0. The normalized spacial score (nSPS) is 12.4. The van der Waals surface area contributed by atoms with Gasteiger partial charge in [0.1, 0.15) is 33.5 Å². The molecule has 0 aliphatic heterocycles. The summed E-state index contributed by atoms with van der Waals surface area (Å²) in [4.78, 5) is 2.46. The molecule has 296 valence electrons. The van der Waals surface area contributed by atoms with Crippen molar-refractivity contribution in [2.45, 2.75) is 0 Å². The van der Waals surface area contributed by atoms with Crippen molar-refractivity contribution in [1.82, 2.24) is 0 Å². The summed E-state index contributed by atoms with van der Waals surface area (Å²) in [6.45, 7) is 0. The molecular weight excluding hydrogens is 783 g/mol. The van der Waals surface area contributed by atoms with Gasteiger partial charge in [-0.1, -0.05) is 146 Å². The zero-order chi connectivity index (χ0) is 41.6. The smallest absolute Gasteiger partial charge is 0.136 e. The number of fused-ring (bicyclic) bond motifs is 3. The third kappa shape index (κ3) is 4.51. The van der Waals surface area contributed by atoms with E-state index in [2.05, 4.69) is 205 Å². The molecule has 0 spiro atoms. The van der Waals surface area contributed by atoms with Crippen LogP contribution < -0.4 is 4.90 Å². The first-order valence-corrected chi connectivity index (χ1v) is 21.8. The second-order valence-electron chi connectivity index (χ2n) is 17.1. The molecule has 0 saturated carbocycles. The van der Waals surface area contributed by atoms with E-state index in [0.717, 1.165) is 148 Å². The van der Waals surface area contributed by atoms with E-state index >= 15 is 0 Å². The van der Waals surface area contributed by atoms with Crippen LogP contribution in [0.1, 0.15) is 0 Å². The summed E-state index contributed by atoms with van der Waals surface area (Å²) in [6.07, 6.45) is 0. The van der Waals surface area contributed by atoms with Crippen LogP contribution in [0.5, 0.6) is 0 Å². The molecule has 0 amide bonds. The minimum atomic E-state index is 0.832. The van der Waals surface area contributed by atoms with Crippen molar-refractivity contribution in [3.8, 4) is 0 Å². The van der Waals surface area contributed by atoms with Gasteiger partial charge in [0.2, 0.25) is 0 Å². The van der Waals surface area contributed by atoms with Gasteiger partial charge in [0.25, 0.3) is 0 Å². The summed E-state index contributed by atoms with van der Waals surface area (Å²) in [5.41, 5.74) is 8.18. The highest BCUT2D eigenvalue weighted by Gasteiger charge is 2.25. The summed E-state index contributed by atoms with van der Waals surface area (Å²) < 4.78 is 20.8. The van der Waals surface area contributed by atoms with E-state index in [1.807, 2.05) is 0 Å². The highest BCUT2D eigenvalue weighted by molar-refractivity contribution is 6.30. The fraction of sp³-hybridized carbons (Fsp3) is 0. The second-order valence-corrected chi connectivity index (χ2v) is 17.1. The van der Waals surface area contributed by atoms with Crippen molar-refractivity contribution >= 4 is 148 Å². The number of anilines is 3. The van der Waals surface area contributed by atoms with Gasteiger partial charge in [-0.3, -0.25) is 0 Å². The quantitative estimate of drug-likeness (QED) is 0.178. The average Bonchev–Trinajstić information content (AvgIpc) is 3.65. The first kappa shape index (κ1) is 34.0. The van der Waals surface area contributed by atoms with Crippen LogP contribution in [0.3, 0.4) is 0 Å². The van der Waals surface area contributed by atoms with Crippen LogP contribution >= 0.6 is 0 Å². The van der Waals surface area contributed by atoms with Crippen molar-refractivity contribution in [2.75, 3.05) is 4.90 Å². The number of nitrogens with zero attached hydrogens (tertiary/aromatic N) is 1. The fourth-order valence-electron chi connectivity index (χ4n) is 11.2. The van der Waals surface area contributed by atoms with Gasteiger partial charge in [0.15, 0.2) is 0 Å². The van der Waals surface area contributed by atoms with E-state index in [1.165, 1.54) is 0 Å². The molecule has 3 aromatic heterocycles. The number of hydrogen-bond donors (Lipinski definition) is 0. The SMILES string of the molecule is c1cc2cccc3c4cccc5c(N(c6ccc7oc8cccc9cccc(c%10cccc6c7%10)c98)c6ccc7oc8cccc9cccc(c%10cccc6c7%10)c98)ccc(oc(c1)c23)c54. The Hall–Kier alpha value is -8.60. The monoisotopic (exact) mass is 815 g/mol. The maximum Gasteiger partial charge on any atom is 0.136 e. The molecule has 15 aromatic rings. The largest absolute Gasteiger partial charge is 0.456 e. The Morgan fingerprint density at radius 3 is 0.750 bits per heavy atom. The predicted molar refractivity (Wildman–Crippen MR) is 268 cm³/mol. The molecule has 0 unspecified atom stereocenters. The topological polar surface area (TPSA) is 42.7 Å². The van der Waals surface area contributed by atoms with E-state index in [4.69, 9.17) is 13.3 Å². The third-order valence-corrected chi connectivity index (χ3v) is 13.8.